The maximum Gasteiger partial charge on any atom is 0.334 e. The molecule has 0 bridgehead atoms. The summed E-state index contributed by atoms with van der Waals surface area (Å²) < 4.78 is 5.74. The van der Waals surface area contributed by atoms with E-state index in [0.29, 0.717) is 5.75 Å². The molecule has 0 aliphatic carbocycles. The molecule has 104 valence electrons. The fraction of sp³-hybridized carbons (Fsp3) is 0. The van der Waals surface area contributed by atoms with Crippen LogP contribution in [-0.4, -0.2) is 4.92 Å². The summed E-state index contributed by atoms with van der Waals surface area (Å²) in [7, 11) is 0. The number of nitrogens with two attached hydrogens (primary N) is 1. The summed E-state index contributed by atoms with van der Waals surface area (Å²) in [6.07, 6.45) is 0. The van der Waals surface area contributed by atoms with Crippen molar-refractivity contribution >= 4 is 22.1 Å². The molecule has 0 fully saturated rings. The van der Waals surface area contributed by atoms with Gasteiger partial charge in [-0.2, -0.15) is 0 Å². The van der Waals surface area contributed by atoms with Gasteiger partial charge in [0, 0.05) is 5.39 Å². The Morgan fingerprint density at radius 1 is 0.905 bits per heavy atom. The number of nitrogens with zero attached hydrogens (tertiary/aromatic N) is 1. The molecule has 0 heterocycles. The summed E-state index contributed by atoms with van der Waals surface area (Å²) in [5, 5.41) is 13.0. The number of nitro groups is 1. The number of hydrogen-bond donors (Lipinski definition) is 1. The molecule has 0 unspecified atom stereocenters. The van der Waals surface area contributed by atoms with Gasteiger partial charge in [0.15, 0.2) is 0 Å². The lowest BCUT2D eigenvalue weighted by molar-refractivity contribution is -0.384. The Morgan fingerprint density at radius 3 is 2.38 bits per heavy atom. The van der Waals surface area contributed by atoms with Crippen molar-refractivity contribution in [1.29, 1.82) is 0 Å². The van der Waals surface area contributed by atoms with E-state index in [1.807, 2.05) is 36.4 Å². The molecule has 5 heteroatoms. The van der Waals surface area contributed by atoms with Gasteiger partial charge in [0.05, 0.1) is 4.92 Å². The Morgan fingerprint density at radius 2 is 1.57 bits per heavy atom. The number of anilines is 1. The summed E-state index contributed by atoms with van der Waals surface area (Å²) in [5.41, 5.74) is 5.53. The highest BCUT2D eigenvalue weighted by Crippen LogP contribution is 2.37. The number of benzene rings is 3. The van der Waals surface area contributed by atoms with Crippen molar-refractivity contribution in [3.05, 3.63) is 70.8 Å². The second-order valence-corrected chi connectivity index (χ2v) is 4.53. The van der Waals surface area contributed by atoms with Crippen molar-refractivity contribution in [3.8, 4) is 11.5 Å². The van der Waals surface area contributed by atoms with Crippen LogP contribution in [-0.2, 0) is 0 Å². The number of para-hydroxylation sites is 1. The SMILES string of the molecule is Nc1cccc(Oc2cccc3ccccc23)c1[N+](=O)[O-]. The van der Waals surface area contributed by atoms with E-state index in [1.165, 1.54) is 12.1 Å². The normalized spacial score (nSPS) is 10.5. The van der Waals surface area contributed by atoms with Crippen molar-refractivity contribution in [2.24, 2.45) is 0 Å². The highest BCUT2D eigenvalue weighted by molar-refractivity contribution is 5.88. The van der Waals surface area contributed by atoms with Crippen LogP contribution in [0.5, 0.6) is 11.5 Å². The Labute approximate surface area is 120 Å². The second kappa shape index (κ2) is 5.13. The Hall–Kier alpha value is -3.08. The van der Waals surface area contributed by atoms with E-state index in [-0.39, 0.29) is 17.1 Å². The lowest BCUT2D eigenvalue weighted by Crippen LogP contribution is -1.98. The largest absolute Gasteiger partial charge is 0.449 e. The van der Waals surface area contributed by atoms with Crippen LogP contribution in [0.1, 0.15) is 0 Å². The summed E-state index contributed by atoms with van der Waals surface area (Å²) >= 11 is 0. The molecule has 3 aromatic rings. The van der Waals surface area contributed by atoms with E-state index in [9.17, 15) is 10.1 Å². The molecule has 0 radical (unpaired) electrons. The first-order chi connectivity index (χ1) is 10.2. The third-order valence-corrected chi connectivity index (χ3v) is 3.18. The van der Waals surface area contributed by atoms with Crippen molar-refractivity contribution in [2.75, 3.05) is 5.73 Å². The molecule has 21 heavy (non-hydrogen) atoms. The lowest BCUT2D eigenvalue weighted by Gasteiger charge is -2.10. The summed E-state index contributed by atoms with van der Waals surface area (Å²) in [6.45, 7) is 0. The predicted octanol–water partition coefficient (Wildman–Crippen LogP) is 4.12. The summed E-state index contributed by atoms with van der Waals surface area (Å²) in [4.78, 5) is 10.6. The van der Waals surface area contributed by atoms with Gasteiger partial charge in [-0.05, 0) is 23.6 Å². The van der Waals surface area contributed by atoms with Gasteiger partial charge in [-0.3, -0.25) is 10.1 Å². The van der Waals surface area contributed by atoms with Crippen molar-refractivity contribution in [2.45, 2.75) is 0 Å². The molecular formula is C16H12N2O3. The number of nitro benzene ring substituents is 1. The average molecular weight is 280 g/mol. The maximum atomic E-state index is 11.1. The van der Waals surface area contributed by atoms with Gasteiger partial charge in [-0.15, -0.1) is 0 Å². The fourth-order valence-electron chi connectivity index (χ4n) is 2.22. The minimum Gasteiger partial charge on any atom is -0.449 e. The molecule has 0 saturated heterocycles. The molecule has 0 atom stereocenters. The van der Waals surface area contributed by atoms with E-state index < -0.39 is 4.92 Å². The molecule has 3 rings (SSSR count). The Kier molecular flexibility index (Phi) is 3.16. The first-order valence-electron chi connectivity index (χ1n) is 6.35. The number of nitrogen functional groups attached to an aromatic ring is 1. The average Bonchev–Trinajstić information content (AvgIpc) is 2.47. The minimum atomic E-state index is -0.532. The molecule has 2 N–H and O–H groups in total. The molecule has 0 aliphatic rings. The van der Waals surface area contributed by atoms with Crippen molar-refractivity contribution < 1.29 is 9.66 Å². The summed E-state index contributed by atoms with van der Waals surface area (Å²) in [6, 6.07) is 17.9. The van der Waals surface area contributed by atoms with Gasteiger partial charge in [0.1, 0.15) is 11.4 Å². The van der Waals surface area contributed by atoms with Crippen LogP contribution in [0.25, 0.3) is 10.8 Å². The van der Waals surface area contributed by atoms with E-state index in [2.05, 4.69) is 0 Å². The molecule has 5 nitrogen and oxygen atoms in total. The number of hydrogen-bond acceptors (Lipinski definition) is 4. The fourth-order valence-corrected chi connectivity index (χ4v) is 2.22. The topological polar surface area (TPSA) is 78.4 Å². The maximum absolute atomic E-state index is 11.1. The highest BCUT2D eigenvalue weighted by atomic mass is 16.6. The number of fused-ring (bicyclic) bond motifs is 1. The molecule has 0 amide bonds. The lowest BCUT2D eigenvalue weighted by atomic mass is 10.1. The van der Waals surface area contributed by atoms with Crippen LogP contribution in [0.2, 0.25) is 0 Å². The van der Waals surface area contributed by atoms with E-state index in [1.54, 1.807) is 12.1 Å². The Bertz CT molecular complexity index is 825. The summed E-state index contributed by atoms with van der Waals surface area (Å²) in [5.74, 6) is 0.693. The highest BCUT2D eigenvalue weighted by Gasteiger charge is 2.20. The third-order valence-electron chi connectivity index (χ3n) is 3.18. The second-order valence-electron chi connectivity index (χ2n) is 4.53. The molecule has 0 aromatic heterocycles. The van der Waals surface area contributed by atoms with E-state index in [4.69, 9.17) is 10.5 Å². The smallest absolute Gasteiger partial charge is 0.334 e. The van der Waals surface area contributed by atoms with Crippen LogP contribution in [0.4, 0.5) is 11.4 Å². The van der Waals surface area contributed by atoms with Crippen LogP contribution in [0, 0.1) is 10.1 Å². The van der Waals surface area contributed by atoms with Crippen molar-refractivity contribution in [1.82, 2.24) is 0 Å². The van der Waals surface area contributed by atoms with Crippen LogP contribution in [0.3, 0.4) is 0 Å². The molecule has 3 aromatic carbocycles. The predicted molar refractivity (Wildman–Crippen MR) is 81.5 cm³/mol. The van der Waals surface area contributed by atoms with Gasteiger partial charge >= 0.3 is 5.69 Å². The van der Waals surface area contributed by atoms with Gasteiger partial charge < -0.3 is 10.5 Å². The zero-order chi connectivity index (χ0) is 14.8. The molecular weight excluding hydrogens is 268 g/mol. The zero-order valence-electron chi connectivity index (χ0n) is 11.0. The third kappa shape index (κ3) is 2.36. The molecule has 0 aliphatic heterocycles. The minimum absolute atomic E-state index is 0.0812. The quantitative estimate of drug-likeness (QED) is 0.444. The Balaban J connectivity index is 2.12. The first-order valence-corrected chi connectivity index (χ1v) is 6.35. The van der Waals surface area contributed by atoms with Gasteiger partial charge in [0.25, 0.3) is 0 Å². The number of ether oxygens (including phenoxy) is 1. The number of rotatable bonds is 3. The van der Waals surface area contributed by atoms with Crippen molar-refractivity contribution in [3.63, 3.8) is 0 Å². The standard InChI is InChI=1S/C16H12N2O3/c17-13-8-4-10-15(16(13)18(19)20)21-14-9-3-6-11-5-1-2-7-12(11)14/h1-10H,17H2. The van der Waals surface area contributed by atoms with E-state index in [0.717, 1.165) is 10.8 Å². The van der Waals surface area contributed by atoms with Gasteiger partial charge in [-0.25, -0.2) is 0 Å². The van der Waals surface area contributed by atoms with E-state index >= 15 is 0 Å². The molecule has 0 saturated carbocycles. The van der Waals surface area contributed by atoms with Gasteiger partial charge in [-0.1, -0.05) is 42.5 Å². The van der Waals surface area contributed by atoms with Crippen LogP contribution < -0.4 is 10.5 Å². The monoisotopic (exact) mass is 280 g/mol. The first kappa shape index (κ1) is 12.9. The molecule has 0 spiro atoms. The zero-order valence-corrected chi connectivity index (χ0v) is 11.0. The van der Waals surface area contributed by atoms with Crippen LogP contribution in [0.15, 0.2) is 60.7 Å². The van der Waals surface area contributed by atoms with Gasteiger partial charge in [0.2, 0.25) is 5.75 Å². The van der Waals surface area contributed by atoms with Crippen LogP contribution >= 0.6 is 0 Å².